The van der Waals surface area contributed by atoms with E-state index in [2.05, 4.69) is 16.7 Å². The first-order chi connectivity index (χ1) is 13.8. The van der Waals surface area contributed by atoms with Crippen LogP contribution in [0.1, 0.15) is 49.8 Å². The number of hydrogen-bond donors (Lipinski definition) is 3. The van der Waals surface area contributed by atoms with E-state index < -0.39 is 6.10 Å². The summed E-state index contributed by atoms with van der Waals surface area (Å²) in [6.45, 7) is 4.03. The van der Waals surface area contributed by atoms with Crippen LogP contribution in [0.4, 0.5) is 0 Å². The van der Waals surface area contributed by atoms with Gasteiger partial charge in [0.25, 0.3) is 0 Å². The normalized spacial score (nSPS) is 15.0. The summed E-state index contributed by atoms with van der Waals surface area (Å²) in [7, 11) is 0. The molecular formula is C23H32IN3O2. The Hall–Kier alpha value is -1.80. The summed E-state index contributed by atoms with van der Waals surface area (Å²) in [6, 6.07) is 17.9. The lowest BCUT2D eigenvalue weighted by molar-refractivity contribution is 0.119. The van der Waals surface area contributed by atoms with E-state index in [1.165, 1.54) is 6.42 Å². The third-order valence-electron chi connectivity index (χ3n) is 4.96. The van der Waals surface area contributed by atoms with Gasteiger partial charge in [0, 0.05) is 18.7 Å². The third-order valence-corrected chi connectivity index (χ3v) is 4.96. The monoisotopic (exact) mass is 509 g/mol. The number of aliphatic hydroxyl groups excluding tert-OH is 1. The number of ether oxygens (including phenoxy) is 1. The molecule has 3 N–H and O–H groups in total. The summed E-state index contributed by atoms with van der Waals surface area (Å²) in [5.74, 6) is 1.69. The number of rotatable bonds is 9. The summed E-state index contributed by atoms with van der Waals surface area (Å²) < 4.78 is 6.09. The van der Waals surface area contributed by atoms with Gasteiger partial charge in [-0.25, -0.2) is 4.99 Å². The summed E-state index contributed by atoms with van der Waals surface area (Å²) >= 11 is 0. The highest BCUT2D eigenvalue weighted by atomic mass is 127. The maximum Gasteiger partial charge on any atom is 0.191 e. The Bertz CT molecular complexity index is 751. The van der Waals surface area contributed by atoms with Crippen molar-refractivity contribution in [2.75, 3.05) is 13.1 Å². The molecule has 0 aliphatic heterocycles. The molecule has 1 aliphatic carbocycles. The molecule has 0 aromatic heterocycles. The zero-order valence-electron chi connectivity index (χ0n) is 17.0. The van der Waals surface area contributed by atoms with Gasteiger partial charge in [-0.05, 0) is 44.2 Å². The van der Waals surface area contributed by atoms with Crippen molar-refractivity contribution in [1.82, 2.24) is 10.6 Å². The highest BCUT2D eigenvalue weighted by molar-refractivity contribution is 14.0. The molecule has 0 saturated heterocycles. The number of hydrogen-bond acceptors (Lipinski definition) is 3. The maximum absolute atomic E-state index is 10.3. The second-order valence-electron chi connectivity index (χ2n) is 7.12. The zero-order chi connectivity index (χ0) is 19.6. The first-order valence-electron chi connectivity index (χ1n) is 10.3. The molecule has 1 fully saturated rings. The van der Waals surface area contributed by atoms with Gasteiger partial charge in [-0.2, -0.15) is 0 Å². The Balaban J connectivity index is 0.00000300. The van der Waals surface area contributed by atoms with Gasteiger partial charge in [0.05, 0.1) is 18.8 Å². The van der Waals surface area contributed by atoms with E-state index in [4.69, 9.17) is 9.73 Å². The molecule has 158 valence electrons. The lowest BCUT2D eigenvalue weighted by Crippen LogP contribution is -2.38. The topological polar surface area (TPSA) is 65.9 Å². The van der Waals surface area contributed by atoms with Gasteiger partial charge in [-0.3, -0.25) is 0 Å². The van der Waals surface area contributed by atoms with E-state index in [0.717, 1.165) is 42.2 Å². The summed E-state index contributed by atoms with van der Waals surface area (Å²) in [5.41, 5.74) is 2.03. The van der Waals surface area contributed by atoms with Crippen LogP contribution in [-0.4, -0.2) is 30.3 Å². The van der Waals surface area contributed by atoms with Crippen molar-refractivity contribution in [3.05, 3.63) is 65.7 Å². The lowest BCUT2D eigenvalue weighted by Gasteiger charge is -2.27. The van der Waals surface area contributed by atoms with Gasteiger partial charge in [0.2, 0.25) is 0 Å². The molecule has 3 rings (SSSR count). The number of halogens is 1. The molecule has 1 unspecified atom stereocenters. The minimum absolute atomic E-state index is 0. The number of para-hydroxylation sites is 1. The standard InChI is InChI=1S/C23H31N3O2.HI/c1-2-24-23(25-16-15-21(27)18-9-4-3-5-10-18)26-17-19-11-6-7-14-22(19)28-20-12-8-13-20;/h3-7,9-11,14,20-21,27H,2,8,12-13,15-17H2,1H3,(H2,24,25,26);1H. The molecule has 0 bridgehead atoms. The third kappa shape index (κ3) is 7.51. The molecule has 2 aromatic carbocycles. The van der Waals surface area contributed by atoms with Gasteiger partial charge in [-0.15, -0.1) is 24.0 Å². The van der Waals surface area contributed by atoms with Crippen LogP contribution in [0.5, 0.6) is 5.75 Å². The molecule has 0 heterocycles. The Kier molecular flexibility index (Phi) is 10.3. The predicted molar refractivity (Wildman–Crippen MR) is 129 cm³/mol. The van der Waals surface area contributed by atoms with E-state index in [-0.39, 0.29) is 24.0 Å². The van der Waals surface area contributed by atoms with E-state index in [9.17, 15) is 5.11 Å². The average molecular weight is 509 g/mol. The van der Waals surface area contributed by atoms with Crippen LogP contribution < -0.4 is 15.4 Å². The van der Waals surface area contributed by atoms with Crippen LogP contribution in [0.25, 0.3) is 0 Å². The minimum atomic E-state index is -0.479. The Labute approximate surface area is 191 Å². The van der Waals surface area contributed by atoms with Crippen LogP contribution in [0.15, 0.2) is 59.6 Å². The van der Waals surface area contributed by atoms with E-state index in [1.807, 2.05) is 55.5 Å². The van der Waals surface area contributed by atoms with Crippen LogP contribution in [0.3, 0.4) is 0 Å². The second-order valence-corrected chi connectivity index (χ2v) is 7.12. The maximum atomic E-state index is 10.3. The van der Waals surface area contributed by atoms with Crippen molar-refractivity contribution in [3.8, 4) is 5.75 Å². The predicted octanol–water partition coefficient (Wildman–Crippen LogP) is 4.41. The van der Waals surface area contributed by atoms with Gasteiger partial charge >= 0.3 is 0 Å². The Morgan fingerprint density at radius 2 is 1.83 bits per heavy atom. The van der Waals surface area contributed by atoms with Crippen molar-refractivity contribution in [2.45, 2.75) is 51.4 Å². The minimum Gasteiger partial charge on any atom is -0.490 e. The van der Waals surface area contributed by atoms with Crippen LogP contribution >= 0.6 is 24.0 Å². The molecular weight excluding hydrogens is 477 g/mol. The molecule has 1 saturated carbocycles. The van der Waals surface area contributed by atoms with Gasteiger partial charge in [0.15, 0.2) is 5.96 Å². The van der Waals surface area contributed by atoms with E-state index in [1.54, 1.807) is 0 Å². The molecule has 29 heavy (non-hydrogen) atoms. The largest absolute Gasteiger partial charge is 0.490 e. The highest BCUT2D eigenvalue weighted by Crippen LogP contribution is 2.27. The molecule has 6 heteroatoms. The Morgan fingerprint density at radius 3 is 2.52 bits per heavy atom. The quantitative estimate of drug-likeness (QED) is 0.266. The fraction of sp³-hybridized carbons (Fsp3) is 0.435. The smallest absolute Gasteiger partial charge is 0.191 e. The van der Waals surface area contributed by atoms with Gasteiger partial charge in [0.1, 0.15) is 5.75 Å². The lowest BCUT2D eigenvalue weighted by atomic mass is 9.96. The molecule has 0 radical (unpaired) electrons. The van der Waals surface area contributed by atoms with Crippen LogP contribution in [-0.2, 0) is 6.54 Å². The first-order valence-corrected chi connectivity index (χ1v) is 10.3. The number of benzene rings is 2. The van der Waals surface area contributed by atoms with Crippen molar-refractivity contribution in [3.63, 3.8) is 0 Å². The van der Waals surface area contributed by atoms with Crippen molar-refractivity contribution in [1.29, 1.82) is 0 Å². The molecule has 2 aromatic rings. The summed E-state index contributed by atoms with van der Waals surface area (Å²) in [5, 5.41) is 16.9. The van der Waals surface area contributed by atoms with Gasteiger partial charge < -0.3 is 20.5 Å². The number of guanidine groups is 1. The number of aliphatic hydroxyl groups is 1. The fourth-order valence-corrected chi connectivity index (χ4v) is 3.09. The summed E-state index contributed by atoms with van der Waals surface area (Å²) in [4.78, 5) is 4.70. The van der Waals surface area contributed by atoms with Crippen molar-refractivity contribution in [2.24, 2.45) is 4.99 Å². The molecule has 0 amide bonds. The molecule has 5 nitrogen and oxygen atoms in total. The number of nitrogens with zero attached hydrogens (tertiary/aromatic N) is 1. The number of nitrogens with one attached hydrogen (secondary N) is 2. The Morgan fingerprint density at radius 1 is 1.10 bits per heavy atom. The average Bonchev–Trinajstić information content (AvgIpc) is 2.70. The van der Waals surface area contributed by atoms with E-state index >= 15 is 0 Å². The second kappa shape index (κ2) is 12.7. The molecule has 0 spiro atoms. The van der Waals surface area contributed by atoms with Gasteiger partial charge in [-0.1, -0.05) is 48.5 Å². The zero-order valence-corrected chi connectivity index (χ0v) is 19.3. The van der Waals surface area contributed by atoms with E-state index in [0.29, 0.717) is 25.6 Å². The molecule has 1 aliphatic rings. The van der Waals surface area contributed by atoms with Crippen molar-refractivity contribution < 1.29 is 9.84 Å². The van der Waals surface area contributed by atoms with Crippen LogP contribution in [0, 0.1) is 0 Å². The SMILES string of the molecule is CCNC(=NCc1ccccc1OC1CCC1)NCCC(O)c1ccccc1.I. The summed E-state index contributed by atoms with van der Waals surface area (Å²) in [6.07, 6.45) is 4.05. The van der Waals surface area contributed by atoms with Crippen molar-refractivity contribution >= 4 is 29.9 Å². The fourth-order valence-electron chi connectivity index (χ4n) is 3.09. The van der Waals surface area contributed by atoms with Crippen LogP contribution in [0.2, 0.25) is 0 Å². The molecule has 1 atom stereocenters. The first kappa shape index (κ1) is 23.5. The highest BCUT2D eigenvalue weighted by Gasteiger charge is 2.20. The number of aliphatic imine (C=N–C) groups is 1.